The first-order valence-corrected chi connectivity index (χ1v) is 4.60. The summed E-state index contributed by atoms with van der Waals surface area (Å²) in [5, 5.41) is 15.3. The minimum Gasteiger partial charge on any atom is -0.395 e. The second kappa shape index (κ2) is 7.76. The van der Waals surface area contributed by atoms with Gasteiger partial charge in [-0.3, -0.25) is 10.00 Å². The number of nitrogens with zero attached hydrogens (tertiary/aromatic N) is 2. The molecule has 0 aliphatic carbocycles. The zero-order valence-electron chi connectivity index (χ0n) is 8.62. The first kappa shape index (κ1) is 12.1. The maximum atomic E-state index is 8.60. The fraction of sp³-hybridized carbons (Fsp3) is 0.667. The van der Waals surface area contributed by atoms with Crippen LogP contribution in [-0.4, -0.2) is 40.4 Å². The van der Waals surface area contributed by atoms with Crippen LogP contribution in [0.15, 0.2) is 12.3 Å². The van der Waals surface area contributed by atoms with Crippen molar-refractivity contribution in [3.8, 4) is 0 Å². The average Bonchev–Trinajstić information content (AvgIpc) is 2.61. The van der Waals surface area contributed by atoms with Crippen molar-refractivity contribution in [3.05, 3.63) is 18.0 Å². The predicted octanol–water partition coefficient (Wildman–Crippen LogP) is 0.860. The van der Waals surface area contributed by atoms with Gasteiger partial charge < -0.3 is 5.11 Å². The highest BCUT2D eigenvalue weighted by Crippen LogP contribution is 1.95. The zero-order chi connectivity index (χ0) is 10.1. The van der Waals surface area contributed by atoms with Gasteiger partial charge in [0.1, 0.15) is 0 Å². The van der Waals surface area contributed by atoms with E-state index in [4.69, 9.17) is 5.11 Å². The Morgan fingerprint density at radius 2 is 2.23 bits per heavy atom. The molecule has 0 amide bonds. The van der Waals surface area contributed by atoms with Gasteiger partial charge in [-0.05, 0) is 13.1 Å². The fourth-order valence-corrected chi connectivity index (χ4v) is 0.913. The Hall–Kier alpha value is -0.870. The maximum absolute atomic E-state index is 8.60. The van der Waals surface area contributed by atoms with Crippen LogP contribution in [0.25, 0.3) is 0 Å². The summed E-state index contributed by atoms with van der Waals surface area (Å²) in [7, 11) is 1.96. The monoisotopic (exact) mass is 185 g/mol. The topological polar surface area (TPSA) is 52.1 Å². The molecule has 1 heterocycles. The molecule has 1 rings (SSSR count). The molecule has 0 saturated carbocycles. The Balaban J connectivity index is 0.000000671. The molecule has 2 N–H and O–H groups in total. The normalized spacial score (nSPS) is 9.62. The molecule has 0 bridgehead atoms. The Morgan fingerprint density at radius 1 is 1.54 bits per heavy atom. The number of nitrogens with one attached hydrogen (secondary N) is 1. The van der Waals surface area contributed by atoms with Gasteiger partial charge in [-0.25, -0.2) is 0 Å². The third kappa shape index (κ3) is 5.38. The number of aromatic amines is 1. The van der Waals surface area contributed by atoms with Crippen molar-refractivity contribution in [2.45, 2.75) is 20.4 Å². The average molecular weight is 185 g/mol. The molecule has 0 spiro atoms. The van der Waals surface area contributed by atoms with Crippen LogP contribution in [0.1, 0.15) is 19.5 Å². The van der Waals surface area contributed by atoms with E-state index >= 15 is 0 Å². The van der Waals surface area contributed by atoms with Gasteiger partial charge in [-0.1, -0.05) is 13.8 Å². The van der Waals surface area contributed by atoms with E-state index in [1.54, 1.807) is 6.20 Å². The number of aliphatic hydroxyl groups excluding tert-OH is 1. The van der Waals surface area contributed by atoms with Crippen LogP contribution in [0.2, 0.25) is 0 Å². The molecule has 0 unspecified atom stereocenters. The quantitative estimate of drug-likeness (QED) is 0.731. The van der Waals surface area contributed by atoms with Crippen LogP contribution in [0.5, 0.6) is 0 Å². The lowest BCUT2D eigenvalue weighted by Gasteiger charge is -2.12. The lowest BCUT2D eigenvalue weighted by Crippen LogP contribution is -2.21. The van der Waals surface area contributed by atoms with E-state index in [0.717, 1.165) is 12.2 Å². The molecule has 4 nitrogen and oxygen atoms in total. The lowest BCUT2D eigenvalue weighted by atomic mass is 10.4. The minimum atomic E-state index is 0.199. The van der Waals surface area contributed by atoms with Gasteiger partial charge in [0.25, 0.3) is 0 Å². The minimum absolute atomic E-state index is 0.199. The van der Waals surface area contributed by atoms with Crippen molar-refractivity contribution in [1.82, 2.24) is 15.1 Å². The van der Waals surface area contributed by atoms with E-state index < -0.39 is 0 Å². The second-order valence-corrected chi connectivity index (χ2v) is 2.54. The van der Waals surface area contributed by atoms with Gasteiger partial charge in [0.05, 0.1) is 6.61 Å². The number of hydrogen-bond acceptors (Lipinski definition) is 3. The summed E-state index contributed by atoms with van der Waals surface area (Å²) in [5.74, 6) is 0. The molecular formula is C9H19N3O. The molecule has 1 aromatic heterocycles. The molecule has 0 atom stereocenters. The summed E-state index contributed by atoms with van der Waals surface area (Å²) in [4.78, 5) is 2.02. The van der Waals surface area contributed by atoms with E-state index in [-0.39, 0.29) is 6.61 Å². The van der Waals surface area contributed by atoms with E-state index in [1.807, 2.05) is 31.9 Å². The number of likely N-dealkylation sites (N-methyl/N-ethyl adjacent to an activating group) is 1. The van der Waals surface area contributed by atoms with Crippen molar-refractivity contribution in [1.29, 1.82) is 0 Å². The third-order valence-electron chi connectivity index (χ3n) is 1.48. The van der Waals surface area contributed by atoms with Gasteiger partial charge in [0.2, 0.25) is 0 Å². The van der Waals surface area contributed by atoms with Gasteiger partial charge in [-0.2, -0.15) is 5.10 Å². The number of aliphatic hydroxyl groups is 1. The van der Waals surface area contributed by atoms with Crippen LogP contribution in [0.4, 0.5) is 0 Å². The second-order valence-electron chi connectivity index (χ2n) is 2.54. The molecule has 76 valence electrons. The molecular weight excluding hydrogens is 166 g/mol. The van der Waals surface area contributed by atoms with Crippen LogP contribution < -0.4 is 0 Å². The Labute approximate surface area is 79.6 Å². The van der Waals surface area contributed by atoms with Gasteiger partial charge in [0.15, 0.2) is 0 Å². The SMILES string of the molecule is CC.CN(CCO)Cc1ccn[nH]1. The Bertz CT molecular complexity index is 187. The molecule has 0 aromatic carbocycles. The molecule has 1 aromatic rings. The van der Waals surface area contributed by atoms with Gasteiger partial charge in [-0.15, -0.1) is 0 Å². The predicted molar refractivity (Wildman–Crippen MR) is 53.4 cm³/mol. The number of H-pyrrole nitrogens is 1. The Kier molecular flexibility index (Phi) is 7.24. The highest BCUT2D eigenvalue weighted by atomic mass is 16.3. The lowest BCUT2D eigenvalue weighted by molar-refractivity contribution is 0.216. The van der Waals surface area contributed by atoms with Crippen LogP contribution in [0, 0.1) is 0 Å². The van der Waals surface area contributed by atoms with Crippen molar-refractivity contribution in [3.63, 3.8) is 0 Å². The molecule has 13 heavy (non-hydrogen) atoms. The van der Waals surface area contributed by atoms with E-state index in [0.29, 0.717) is 6.54 Å². The van der Waals surface area contributed by atoms with Crippen molar-refractivity contribution in [2.75, 3.05) is 20.2 Å². The molecule has 0 fully saturated rings. The summed E-state index contributed by atoms with van der Waals surface area (Å²) >= 11 is 0. The zero-order valence-corrected chi connectivity index (χ0v) is 8.62. The summed E-state index contributed by atoms with van der Waals surface area (Å²) in [5.41, 5.74) is 1.07. The van der Waals surface area contributed by atoms with Gasteiger partial charge in [0, 0.05) is 25.0 Å². The molecule has 0 aliphatic heterocycles. The van der Waals surface area contributed by atoms with E-state index in [9.17, 15) is 0 Å². The van der Waals surface area contributed by atoms with Crippen LogP contribution in [0.3, 0.4) is 0 Å². The molecule has 0 radical (unpaired) electrons. The third-order valence-corrected chi connectivity index (χ3v) is 1.48. The molecule has 4 heteroatoms. The highest BCUT2D eigenvalue weighted by molar-refractivity contribution is 4.96. The van der Waals surface area contributed by atoms with Crippen LogP contribution >= 0.6 is 0 Å². The number of hydrogen-bond donors (Lipinski definition) is 2. The van der Waals surface area contributed by atoms with Crippen molar-refractivity contribution in [2.24, 2.45) is 0 Å². The largest absolute Gasteiger partial charge is 0.395 e. The first-order chi connectivity index (χ1) is 6.33. The van der Waals surface area contributed by atoms with Crippen molar-refractivity contribution < 1.29 is 5.11 Å². The fourth-order valence-electron chi connectivity index (χ4n) is 0.913. The summed E-state index contributed by atoms with van der Waals surface area (Å²) < 4.78 is 0. The van der Waals surface area contributed by atoms with E-state index in [2.05, 4.69) is 10.2 Å². The first-order valence-electron chi connectivity index (χ1n) is 4.60. The standard InChI is InChI=1S/C7H13N3O.C2H6/c1-10(4-5-11)6-7-2-3-8-9-7;1-2/h2-3,11H,4-6H2,1H3,(H,8,9);1-2H3. The highest BCUT2D eigenvalue weighted by Gasteiger charge is 1.98. The van der Waals surface area contributed by atoms with E-state index in [1.165, 1.54) is 0 Å². The number of rotatable bonds is 4. The maximum Gasteiger partial charge on any atom is 0.0558 e. The molecule has 0 saturated heterocycles. The van der Waals surface area contributed by atoms with Crippen molar-refractivity contribution >= 4 is 0 Å². The van der Waals surface area contributed by atoms with Crippen LogP contribution in [-0.2, 0) is 6.54 Å². The van der Waals surface area contributed by atoms with Gasteiger partial charge >= 0.3 is 0 Å². The Morgan fingerprint density at radius 3 is 2.69 bits per heavy atom. The summed E-state index contributed by atoms with van der Waals surface area (Å²) in [6.45, 7) is 5.70. The molecule has 0 aliphatic rings. The smallest absolute Gasteiger partial charge is 0.0558 e. The number of aromatic nitrogens is 2. The summed E-state index contributed by atoms with van der Waals surface area (Å²) in [6, 6.07) is 1.92. The summed E-state index contributed by atoms with van der Waals surface area (Å²) in [6.07, 6.45) is 1.72.